The minimum atomic E-state index is -4.67. The van der Waals surface area contributed by atoms with Gasteiger partial charge in [-0.1, -0.05) is 35.9 Å². The number of alkyl halides is 3. The lowest BCUT2D eigenvalue weighted by Crippen LogP contribution is -2.15. The predicted octanol–water partition coefficient (Wildman–Crippen LogP) is 6.12. The predicted molar refractivity (Wildman–Crippen MR) is 131 cm³/mol. The summed E-state index contributed by atoms with van der Waals surface area (Å²) in [7, 11) is 1.86. The van der Waals surface area contributed by atoms with Gasteiger partial charge in [0.05, 0.1) is 22.3 Å². The number of rotatable bonds is 5. The van der Waals surface area contributed by atoms with Gasteiger partial charge < -0.3 is 9.30 Å². The van der Waals surface area contributed by atoms with Gasteiger partial charge in [0.25, 0.3) is 0 Å². The quantitative estimate of drug-likeness (QED) is 0.278. The molecular weight excluding hydrogens is 469 g/mol. The van der Waals surface area contributed by atoms with Crippen molar-refractivity contribution in [1.82, 2.24) is 19.3 Å². The maximum Gasteiger partial charge on any atom is 0.417 e. The average molecular weight is 493 g/mol. The number of pyridine rings is 1. The van der Waals surface area contributed by atoms with E-state index < -0.39 is 18.3 Å². The number of nitrogens with zero attached hydrogens (tertiary/aromatic N) is 4. The van der Waals surface area contributed by atoms with Gasteiger partial charge in [-0.25, -0.2) is 4.68 Å². The zero-order chi connectivity index (χ0) is 25.8. The number of aromatic nitrogens is 4. The van der Waals surface area contributed by atoms with Gasteiger partial charge in [0, 0.05) is 35.3 Å². The zero-order valence-electron chi connectivity index (χ0n) is 20.1. The van der Waals surface area contributed by atoms with Crippen molar-refractivity contribution in [3.63, 3.8) is 0 Å². The van der Waals surface area contributed by atoms with Gasteiger partial charge >= 0.3 is 6.18 Å². The Morgan fingerprint density at radius 2 is 1.72 bits per heavy atom. The van der Waals surface area contributed by atoms with Crippen LogP contribution in [0.2, 0.25) is 0 Å². The van der Waals surface area contributed by atoms with Crippen molar-refractivity contribution in [2.45, 2.75) is 26.9 Å². The van der Waals surface area contributed by atoms with Crippen molar-refractivity contribution in [3.05, 3.63) is 82.7 Å². The number of benzene rings is 2. The number of hydrogen-bond acceptors (Lipinski definition) is 4. The lowest BCUT2D eigenvalue weighted by molar-refractivity contribution is -0.136. The van der Waals surface area contributed by atoms with Crippen LogP contribution in [-0.4, -0.2) is 31.7 Å². The van der Waals surface area contributed by atoms with Crippen LogP contribution in [0.5, 0.6) is 5.88 Å². The van der Waals surface area contributed by atoms with E-state index in [9.17, 15) is 18.0 Å². The van der Waals surface area contributed by atoms with Crippen molar-refractivity contribution < 1.29 is 22.7 Å². The summed E-state index contributed by atoms with van der Waals surface area (Å²) in [6.07, 6.45) is -4.67. The molecule has 0 N–H and O–H groups in total. The highest BCUT2D eigenvalue weighted by atomic mass is 19.4. The second-order valence-electron chi connectivity index (χ2n) is 8.79. The van der Waals surface area contributed by atoms with Crippen LogP contribution in [0.25, 0.3) is 27.6 Å². The molecule has 0 unspecified atom stereocenters. The number of para-hydroxylation sites is 1. The summed E-state index contributed by atoms with van der Waals surface area (Å²) < 4.78 is 51.0. The SMILES string of the molecule is Cc1ccc(-n2nc(C)c3c(C(F)(F)F)cc(OCC(=O)c4c(C)n(C)c5ccccc45)nc32)cc1. The average Bonchev–Trinajstić information content (AvgIpc) is 3.31. The smallest absolute Gasteiger partial charge is 0.417 e. The molecular formula is C27H23F3N4O2. The van der Waals surface area contributed by atoms with E-state index >= 15 is 0 Å². The summed E-state index contributed by atoms with van der Waals surface area (Å²) in [4.78, 5) is 17.5. The van der Waals surface area contributed by atoms with Crippen LogP contribution < -0.4 is 4.74 Å². The monoisotopic (exact) mass is 492 g/mol. The van der Waals surface area contributed by atoms with Gasteiger partial charge in [0.2, 0.25) is 11.7 Å². The van der Waals surface area contributed by atoms with Crippen LogP contribution in [-0.2, 0) is 13.2 Å². The van der Waals surface area contributed by atoms with Crippen LogP contribution in [0.3, 0.4) is 0 Å². The van der Waals surface area contributed by atoms with Gasteiger partial charge in [-0.3, -0.25) is 4.79 Å². The van der Waals surface area contributed by atoms with Crippen LogP contribution in [0, 0.1) is 20.8 Å². The Labute approximate surface area is 204 Å². The first-order valence-electron chi connectivity index (χ1n) is 11.3. The number of hydrogen-bond donors (Lipinski definition) is 0. The summed E-state index contributed by atoms with van der Waals surface area (Å²) in [5.74, 6) is -0.641. The molecule has 0 saturated heterocycles. The van der Waals surface area contributed by atoms with E-state index in [1.54, 1.807) is 12.1 Å². The second kappa shape index (κ2) is 8.51. The highest BCUT2D eigenvalue weighted by Gasteiger charge is 2.36. The molecule has 0 saturated carbocycles. The van der Waals surface area contributed by atoms with E-state index in [0.717, 1.165) is 28.2 Å². The summed E-state index contributed by atoms with van der Waals surface area (Å²) in [5, 5.41) is 4.98. The Bertz CT molecular complexity index is 1630. The first-order valence-corrected chi connectivity index (χ1v) is 11.3. The Balaban J connectivity index is 1.56. The molecule has 36 heavy (non-hydrogen) atoms. The molecule has 5 aromatic rings. The third-order valence-electron chi connectivity index (χ3n) is 6.40. The Hall–Kier alpha value is -4.14. The number of Topliss-reactive ketones (excluding diaryl/α,β-unsaturated/α-hetero) is 1. The Kier molecular flexibility index (Phi) is 5.58. The van der Waals surface area contributed by atoms with Gasteiger partial charge in [-0.15, -0.1) is 0 Å². The molecule has 0 spiro atoms. The molecule has 3 aromatic heterocycles. The first kappa shape index (κ1) is 23.6. The molecule has 0 amide bonds. The molecule has 0 fully saturated rings. The summed E-state index contributed by atoms with van der Waals surface area (Å²) >= 11 is 0. The molecule has 0 aliphatic rings. The van der Waals surface area contributed by atoms with E-state index in [2.05, 4.69) is 10.1 Å². The summed E-state index contributed by atoms with van der Waals surface area (Å²) in [5.41, 5.74) is 2.97. The van der Waals surface area contributed by atoms with Crippen molar-refractivity contribution in [2.24, 2.45) is 7.05 Å². The number of carbonyl (C=O) groups excluding carboxylic acids is 1. The molecule has 0 radical (unpaired) electrons. The van der Waals surface area contributed by atoms with Gasteiger partial charge in [-0.05, 0) is 39.0 Å². The normalized spacial score (nSPS) is 12.0. The van der Waals surface area contributed by atoms with Crippen LogP contribution >= 0.6 is 0 Å². The number of ether oxygens (including phenoxy) is 1. The van der Waals surface area contributed by atoms with E-state index in [1.165, 1.54) is 11.6 Å². The Morgan fingerprint density at radius 1 is 1.03 bits per heavy atom. The molecule has 5 rings (SSSR count). The Morgan fingerprint density at radius 3 is 2.42 bits per heavy atom. The third kappa shape index (κ3) is 3.90. The molecule has 0 atom stereocenters. The lowest BCUT2D eigenvalue weighted by atomic mass is 10.1. The second-order valence-corrected chi connectivity index (χ2v) is 8.79. The van der Waals surface area contributed by atoms with E-state index in [4.69, 9.17) is 4.74 Å². The van der Waals surface area contributed by atoms with Gasteiger partial charge in [-0.2, -0.15) is 23.3 Å². The van der Waals surface area contributed by atoms with E-state index in [1.807, 2.05) is 61.9 Å². The largest absolute Gasteiger partial charge is 0.469 e. The maximum absolute atomic E-state index is 14.0. The molecule has 3 heterocycles. The fraction of sp³-hybridized carbons (Fsp3) is 0.222. The summed E-state index contributed by atoms with van der Waals surface area (Å²) in [6.45, 7) is 4.79. The highest BCUT2D eigenvalue weighted by molar-refractivity contribution is 6.10. The van der Waals surface area contributed by atoms with Crippen LogP contribution in [0.15, 0.2) is 54.6 Å². The molecule has 0 aliphatic carbocycles. The fourth-order valence-corrected chi connectivity index (χ4v) is 4.51. The molecule has 2 aromatic carbocycles. The van der Waals surface area contributed by atoms with Gasteiger partial charge in [0.15, 0.2) is 12.3 Å². The molecule has 0 aliphatic heterocycles. The van der Waals surface area contributed by atoms with E-state index in [-0.39, 0.29) is 28.4 Å². The van der Waals surface area contributed by atoms with Crippen molar-refractivity contribution >= 4 is 27.7 Å². The minimum absolute atomic E-state index is 0.00923. The third-order valence-corrected chi connectivity index (χ3v) is 6.40. The highest BCUT2D eigenvalue weighted by Crippen LogP contribution is 2.38. The number of aryl methyl sites for hydroxylation is 3. The zero-order valence-corrected chi connectivity index (χ0v) is 20.1. The molecule has 184 valence electrons. The standard InChI is InChI=1S/C27H23F3N4O2/c1-15-9-11-18(12-10-15)34-26-24(16(2)32-34)20(27(28,29)30)13-23(31-26)36-14-22(35)25-17(3)33(4)21-8-6-5-7-19(21)25/h5-13H,14H2,1-4H3. The van der Waals surface area contributed by atoms with Crippen molar-refractivity contribution in [3.8, 4) is 11.6 Å². The maximum atomic E-state index is 14.0. The molecule has 0 bridgehead atoms. The first-order chi connectivity index (χ1) is 17.1. The van der Waals surface area contributed by atoms with Crippen LogP contribution in [0.1, 0.15) is 32.9 Å². The van der Waals surface area contributed by atoms with Crippen molar-refractivity contribution in [2.75, 3.05) is 6.61 Å². The number of fused-ring (bicyclic) bond motifs is 2. The minimum Gasteiger partial charge on any atom is -0.469 e. The number of halogens is 3. The topological polar surface area (TPSA) is 61.9 Å². The van der Waals surface area contributed by atoms with Gasteiger partial charge in [0.1, 0.15) is 0 Å². The fourth-order valence-electron chi connectivity index (χ4n) is 4.51. The summed E-state index contributed by atoms with van der Waals surface area (Å²) in [6, 6.07) is 15.5. The lowest BCUT2D eigenvalue weighted by Gasteiger charge is -2.12. The van der Waals surface area contributed by atoms with Crippen molar-refractivity contribution in [1.29, 1.82) is 0 Å². The van der Waals surface area contributed by atoms with Crippen LogP contribution in [0.4, 0.5) is 13.2 Å². The molecule has 6 nitrogen and oxygen atoms in total. The number of carbonyl (C=O) groups is 1. The molecule has 9 heteroatoms. The van der Waals surface area contributed by atoms with E-state index in [0.29, 0.717) is 11.3 Å². The number of ketones is 1.